The minimum atomic E-state index is -3.84. The predicted molar refractivity (Wildman–Crippen MR) is 113 cm³/mol. The smallest absolute Gasteiger partial charge is 0.238 e. The van der Waals surface area contributed by atoms with Crippen molar-refractivity contribution in [2.45, 2.75) is 11.8 Å². The van der Waals surface area contributed by atoms with E-state index in [4.69, 9.17) is 29.0 Å². The van der Waals surface area contributed by atoms with Gasteiger partial charge in [0.05, 0.1) is 10.4 Å². The molecular weight excluding hydrogens is 422 g/mol. The second-order valence-corrected chi connectivity index (χ2v) is 8.44. The van der Waals surface area contributed by atoms with Crippen molar-refractivity contribution in [1.82, 2.24) is 4.57 Å². The fourth-order valence-corrected chi connectivity index (χ4v) is 3.83. The van der Waals surface area contributed by atoms with Crippen LogP contribution in [0.25, 0.3) is 10.9 Å². The summed E-state index contributed by atoms with van der Waals surface area (Å²) < 4.78 is 24.5. The van der Waals surface area contributed by atoms with Crippen LogP contribution in [0.3, 0.4) is 0 Å². The van der Waals surface area contributed by atoms with Gasteiger partial charge in [0, 0.05) is 23.1 Å². The lowest BCUT2D eigenvalue weighted by Gasteiger charge is -2.05. The number of hydrogen-bond acceptors (Lipinski definition) is 5. The summed E-state index contributed by atoms with van der Waals surface area (Å²) in [5, 5.41) is 27.3. The zero-order chi connectivity index (χ0) is 20.6. The van der Waals surface area contributed by atoms with Gasteiger partial charge < -0.3 is 15.0 Å². The fourth-order valence-electron chi connectivity index (χ4n) is 2.84. The van der Waals surface area contributed by atoms with Crippen molar-refractivity contribution in [3.63, 3.8) is 0 Å². The van der Waals surface area contributed by atoms with E-state index in [0.29, 0.717) is 16.1 Å². The Bertz CT molecular complexity index is 1240. The minimum absolute atomic E-state index is 0.0262. The molecule has 0 aliphatic rings. The number of nitrogens with two attached hydrogens (primary N) is 1. The number of aryl methyl sites for hydroxylation is 2. The Balaban J connectivity index is 1.91. The third-order valence-corrected chi connectivity index (χ3v) is 5.35. The molecule has 11 heteroatoms. The summed E-state index contributed by atoms with van der Waals surface area (Å²) in [5.74, 6) is -0.0804. The lowest BCUT2D eigenvalue weighted by atomic mass is 10.1. The average molecular weight is 438 g/mol. The van der Waals surface area contributed by atoms with Crippen LogP contribution in [0.1, 0.15) is 5.56 Å². The molecule has 0 amide bonds. The highest BCUT2D eigenvalue weighted by atomic mass is 35.5. The van der Waals surface area contributed by atoms with E-state index >= 15 is 0 Å². The number of anilines is 1. The number of aromatic hydroxyl groups is 1. The highest BCUT2D eigenvalue weighted by Gasteiger charge is 2.17. The molecule has 28 heavy (non-hydrogen) atoms. The molecule has 0 aliphatic carbocycles. The van der Waals surface area contributed by atoms with Gasteiger partial charge in [-0.2, -0.15) is 0 Å². The van der Waals surface area contributed by atoms with Crippen molar-refractivity contribution in [2.24, 2.45) is 22.4 Å². The molecule has 0 atom stereocenters. The van der Waals surface area contributed by atoms with Gasteiger partial charge in [0.2, 0.25) is 21.0 Å². The second kappa shape index (κ2) is 7.47. The molecule has 2 aromatic carbocycles. The number of azo groups is 1. The van der Waals surface area contributed by atoms with E-state index in [2.05, 4.69) is 15.5 Å². The largest absolute Gasteiger partial charge is 0.493 e. The summed E-state index contributed by atoms with van der Waals surface area (Å²) >= 11 is 11.2. The first-order valence-corrected chi connectivity index (χ1v) is 10.2. The molecular formula is C17H16ClN5O3S2. The molecule has 0 spiro atoms. The topological polar surface area (TPSA) is 122 Å². The molecule has 0 bridgehead atoms. The van der Waals surface area contributed by atoms with Crippen molar-refractivity contribution in [2.75, 3.05) is 5.32 Å². The maximum atomic E-state index is 11.4. The Hall–Kier alpha value is -2.53. The molecule has 1 heterocycles. The number of nitrogens with one attached hydrogen (secondary N) is 1. The SMILES string of the molecule is Cc1cc(Cl)cc2c(N=NC(=S)Nc3cccc(S(N)(=O)=O)c3)c(O)n(C)c12. The summed E-state index contributed by atoms with van der Waals surface area (Å²) in [6, 6.07) is 9.29. The first-order chi connectivity index (χ1) is 13.1. The van der Waals surface area contributed by atoms with Crippen LogP contribution in [0, 0.1) is 6.92 Å². The summed E-state index contributed by atoms with van der Waals surface area (Å²) in [6.07, 6.45) is 0. The fraction of sp³-hybridized carbons (Fsp3) is 0.118. The lowest BCUT2D eigenvalue weighted by molar-refractivity contribution is 0.436. The van der Waals surface area contributed by atoms with Gasteiger partial charge >= 0.3 is 0 Å². The number of halogens is 1. The molecule has 0 saturated carbocycles. The standard InChI is InChI=1S/C17H16ClN5O3S2/c1-9-6-10(18)7-13-14(16(24)23(2)15(9)13)21-22-17(27)20-11-4-3-5-12(8-11)28(19,25)26/h3-8,24H,1-2H3,(H,20,27)(H2,19,25,26). The number of hydrogen-bond donors (Lipinski definition) is 3. The van der Waals surface area contributed by atoms with Crippen LogP contribution >= 0.6 is 23.8 Å². The predicted octanol–water partition coefficient (Wildman–Crippen LogP) is 3.97. The molecule has 0 saturated heterocycles. The van der Waals surface area contributed by atoms with E-state index in [0.717, 1.165) is 11.1 Å². The molecule has 3 rings (SSSR count). The van der Waals surface area contributed by atoms with Gasteiger partial charge in [0.15, 0.2) is 5.69 Å². The van der Waals surface area contributed by atoms with Crippen molar-refractivity contribution in [1.29, 1.82) is 0 Å². The van der Waals surface area contributed by atoms with Crippen molar-refractivity contribution >= 4 is 61.2 Å². The molecule has 0 aliphatic heterocycles. The maximum Gasteiger partial charge on any atom is 0.238 e. The van der Waals surface area contributed by atoms with Crippen LogP contribution < -0.4 is 10.5 Å². The van der Waals surface area contributed by atoms with E-state index in [-0.39, 0.29) is 21.6 Å². The number of fused-ring (bicyclic) bond motifs is 1. The Morgan fingerprint density at radius 1 is 1.32 bits per heavy atom. The van der Waals surface area contributed by atoms with Crippen LogP contribution in [-0.2, 0) is 17.1 Å². The summed E-state index contributed by atoms with van der Waals surface area (Å²) in [4.78, 5) is -0.0611. The summed E-state index contributed by atoms with van der Waals surface area (Å²) in [7, 11) is -2.14. The summed E-state index contributed by atoms with van der Waals surface area (Å²) in [5.41, 5.74) is 2.26. The maximum absolute atomic E-state index is 11.4. The Morgan fingerprint density at radius 3 is 2.71 bits per heavy atom. The monoisotopic (exact) mass is 437 g/mol. The molecule has 8 nitrogen and oxygen atoms in total. The van der Waals surface area contributed by atoms with Gasteiger partial charge in [-0.05, 0) is 55.0 Å². The van der Waals surface area contributed by atoms with Gasteiger partial charge in [-0.15, -0.1) is 10.2 Å². The number of primary sulfonamides is 1. The van der Waals surface area contributed by atoms with Gasteiger partial charge in [0.1, 0.15) is 0 Å². The Morgan fingerprint density at radius 2 is 2.04 bits per heavy atom. The Kier molecular flexibility index (Phi) is 5.39. The molecule has 0 unspecified atom stereocenters. The second-order valence-electron chi connectivity index (χ2n) is 6.05. The molecule has 1 aromatic heterocycles. The number of rotatable bonds is 3. The number of benzene rings is 2. The van der Waals surface area contributed by atoms with Crippen molar-refractivity contribution < 1.29 is 13.5 Å². The molecule has 0 radical (unpaired) electrons. The minimum Gasteiger partial charge on any atom is -0.493 e. The first-order valence-electron chi connectivity index (χ1n) is 7.91. The van der Waals surface area contributed by atoms with Crippen LogP contribution in [0.2, 0.25) is 5.02 Å². The molecule has 4 N–H and O–H groups in total. The highest BCUT2D eigenvalue weighted by Crippen LogP contribution is 2.40. The van der Waals surface area contributed by atoms with Gasteiger partial charge in [-0.1, -0.05) is 17.7 Å². The average Bonchev–Trinajstić information content (AvgIpc) is 2.83. The molecule has 146 valence electrons. The van der Waals surface area contributed by atoms with E-state index in [9.17, 15) is 13.5 Å². The Labute approximate surface area is 171 Å². The van der Waals surface area contributed by atoms with Crippen LogP contribution in [-0.4, -0.2) is 23.2 Å². The van der Waals surface area contributed by atoms with E-state index < -0.39 is 10.0 Å². The quantitative estimate of drug-likeness (QED) is 0.422. The van der Waals surface area contributed by atoms with E-state index in [1.54, 1.807) is 29.8 Å². The van der Waals surface area contributed by atoms with Gasteiger partial charge in [0.25, 0.3) is 0 Å². The van der Waals surface area contributed by atoms with Gasteiger partial charge in [-0.25, -0.2) is 13.6 Å². The van der Waals surface area contributed by atoms with E-state index in [1.807, 2.05) is 6.92 Å². The zero-order valence-electron chi connectivity index (χ0n) is 14.8. The van der Waals surface area contributed by atoms with E-state index in [1.165, 1.54) is 18.2 Å². The van der Waals surface area contributed by atoms with Crippen molar-refractivity contribution in [3.8, 4) is 5.88 Å². The number of thiocarbonyl (C=S) groups is 1. The van der Waals surface area contributed by atoms with Crippen LogP contribution in [0.5, 0.6) is 5.88 Å². The van der Waals surface area contributed by atoms with Crippen LogP contribution in [0.4, 0.5) is 11.4 Å². The first kappa shape index (κ1) is 20.2. The third-order valence-electron chi connectivity index (χ3n) is 4.04. The molecule has 3 aromatic rings. The summed E-state index contributed by atoms with van der Waals surface area (Å²) in [6.45, 7) is 1.87. The normalized spacial score (nSPS) is 12.0. The molecule has 0 fully saturated rings. The lowest BCUT2D eigenvalue weighted by Crippen LogP contribution is -2.13. The number of nitrogens with zero attached hydrogens (tertiary/aromatic N) is 3. The van der Waals surface area contributed by atoms with Crippen LogP contribution in [0.15, 0.2) is 51.5 Å². The van der Waals surface area contributed by atoms with Gasteiger partial charge in [-0.3, -0.25) is 0 Å². The zero-order valence-corrected chi connectivity index (χ0v) is 17.2. The number of aromatic nitrogens is 1. The third kappa shape index (κ3) is 3.99. The van der Waals surface area contributed by atoms with Crippen molar-refractivity contribution in [3.05, 3.63) is 47.0 Å². The number of sulfonamides is 1. The highest BCUT2D eigenvalue weighted by molar-refractivity contribution is 7.89.